The smallest absolute Gasteiger partial charge is 0.310 e. The van der Waals surface area contributed by atoms with Gasteiger partial charge in [0.25, 0.3) is 0 Å². The zero-order valence-electron chi connectivity index (χ0n) is 12.1. The molecule has 3 nitrogen and oxygen atoms in total. The van der Waals surface area contributed by atoms with Crippen LogP contribution in [0.25, 0.3) is 0 Å². The third-order valence-electron chi connectivity index (χ3n) is 2.78. The van der Waals surface area contributed by atoms with Gasteiger partial charge in [-0.15, -0.1) is 11.3 Å². The molecule has 0 bridgehead atoms. The van der Waals surface area contributed by atoms with Crippen LogP contribution in [0.5, 0.6) is 0 Å². The lowest BCUT2D eigenvalue weighted by Crippen LogP contribution is -2.38. The van der Waals surface area contributed by atoms with Gasteiger partial charge in [-0.25, -0.2) is 4.98 Å². The van der Waals surface area contributed by atoms with Gasteiger partial charge in [0.15, 0.2) is 0 Å². The highest BCUT2D eigenvalue weighted by Crippen LogP contribution is 2.20. The third-order valence-corrected chi connectivity index (χ3v) is 3.68. The van der Waals surface area contributed by atoms with Crippen molar-refractivity contribution in [1.82, 2.24) is 15.2 Å². The molecule has 116 valence electrons. The first-order valence-corrected chi connectivity index (χ1v) is 7.64. The number of halogens is 3. The Balaban J connectivity index is 2.56. The van der Waals surface area contributed by atoms with E-state index in [1.807, 2.05) is 5.38 Å². The summed E-state index contributed by atoms with van der Waals surface area (Å²) in [6.07, 6.45) is -3.13. The molecule has 1 heterocycles. The number of nitrogens with zero attached hydrogens (tertiary/aromatic N) is 2. The van der Waals surface area contributed by atoms with Gasteiger partial charge in [0, 0.05) is 24.5 Å². The van der Waals surface area contributed by atoms with Crippen LogP contribution in [0, 0.1) is 0 Å². The molecule has 0 aliphatic carbocycles. The number of rotatable bonds is 8. The molecule has 0 aromatic carbocycles. The molecule has 7 heteroatoms. The maximum atomic E-state index is 12.5. The van der Waals surface area contributed by atoms with E-state index in [-0.39, 0.29) is 12.6 Å². The predicted molar refractivity (Wildman–Crippen MR) is 75.7 cm³/mol. The van der Waals surface area contributed by atoms with Crippen molar-refractivity contribution < 1.29 is 13.2 Å². The Morgan fingerprint density at radius 2 is 2.10 bits per heavy atom. The largest absolute Gasteiger partial charge is 0.401 e. The second-order valence-corrected chi connectivity index (χ2v) is 5.97. The van der Waals surface area contributed by atoms with E-state index in [0.29, 0.717) is 12.2 Å². The van der Waals surface area contributed by atoms with Gasteiger partial charge in [-0.1, -0.05) is 6.92 Å². The van der Waals surface area contributed by atoms with Crippen LogP contribution >= 0.6 is 11.3 Å². The van der Waals surface area contributed by atoms with Gasteiger partial charge in [0.05, 0.1) is 12.2 Å². The summed E-state index contributed by atoms with van der Waals surface area (Å²) in [5.41, 5.74) is 0.709. The zero-order valence-corrected chi connectivity index (χ0v) is 12.9. The Kier molecular flexibility index (Phi) is 6.91. The monoisotopic (exact) mass is 309 g/mol. The quantitative estimate of drug-likeness (QED) is 0.746. The fourth-order valence-electron chi connectivity index (χ4n) is 1.73. The van der Waals surface area contributed by atoms with E-state index in [1.165, 1.54) is 16.2 Å². The second-order valence-electron chi connectivity index (χ2n) is 5.02. The maximum absolute atomic E-state index is 12.5. The van der Waals surface area contributed by atoms with E-state index in [2.05, 4.69) is 17.2 Å². The fraction of sp³-hybridized carbons (Fsp3) is 0.769. The van der Waals surface area contributed by atoms with Crippen LogP contribution in [0.2, 0.25) is 0 Å². The molecule has 0 aliphatic rings. The normalized spacial score (nSPS) is 12.6. The predicted octanol–water partition coefficient (Wildman–Crippen LogP) is 3.42. The molecule has 0 amide bonds. The molecular formula is C13H22F3N3S. The Morgan fingerprint density at radius 3 is 2.65 bits per heavy atom. The molecule has 0 fully saturated rings. The van der Waals surface area contributed by atoms with Crippen molar-refractivity contribution in [2.45, 2.75) is 52.5 Å². The molecule has 0 unspecified atom stereocenters. The SMILES string of the molecule is CCCNCc1nc(CN(CC(F)(F)F)C(C)C)cs1. The van der Waals surface area contributed by atoms with Gasteiger partial charge in [-0.3, -0.25) is 4.90 Å². The number of aromatic nitrogens is 1. The minimum absolute atomic E-state index is 0.167. The standard InChI is InChI=1S/C13H22F3N3S/c1-4-5-17-6-12-18-11(8-20-12)7-19(10(2)3)9-13(14,15)16/h8,10,17H,4-7,9H2,1-3H3. The van der Waals surface area contributed by atoms with E-state index in [9.17, 15) is 13.2 Å². The fourth-order valence-corrected chi connectivity index (χ4v) is 2.49. The Labute approximate surface area is 122 Å². The Hall–Kier alpha value is -0.660. The Bertz CT molecular complexity index is 390. The summed E-state index contributed by atoms with van der Waals surface area (Å²) in [5, 5.41) is 6.00. The van der Waals surface area contributed by atoms with Crippen LogP contribution < -0.4 is 5.32 Å². The van der Waals surface area contributed by atoms with Crippen molar-refractivity contribution in [3.05, 3.63) is 16.1 Å². The third kappa shape index (κ3) is 6.67. The maximum Gasteiger partial charge on any atom is 0.401 e. The summed E-state index contributed by atoms with van der Waals surface area (Å²) in [7, 11) is 0. The van der Waals surface area contributed by atoms with Gasteiger partial charge in [0.1, 0.15) is 5.01 Å². The first-order chi connectivity index (χ1) is 9.31. The number of alkyl halides is 3. The van der Waals surface area contributed by atoms with Gasteiger partial charge in [-0.05, 0) is 26.8 Å². The average Bonchev–Trinajstić information content (AvgIpc) is 2.74. The van der Waals surface area contributed by atoms with Crippen molar-refractivity contribution in [2.75, 3.05) is 13.1 Å². The first-order valence-electron chi connectivity index (χ1n) is 6.76. The Morgan fingerprint density at radius 1 is 1.40 bits per heavy atom. The van der Waals surface area contributed by atoms with Gasteiger partial charge in [0.2, 0.25) is 0 Å². The number of nitrogens with one attached hydrogen (secondary N) is 1. The summed E-state index contributed by atoms with van der Waals surface area (Å²) in [6, 6.07) is -0.167. The van der Waals surface area contributed by atoms with Crippen LogP contribution in [0.15, 0.2) is 5.38 Å². The topological polar surface area (TPSA) is 28.2 Å². The van der Waals surface area contributed by atoms with Crippen molar-refractivity contribution in [2.24, 2.45) is 0 Å². The van der Waals surface area contributed by atoms with Crippen molar-refractivity contribution in [1.29, 1.82) is 0 Å². The van der Waals surface area contributed by atoms with Crippen LogP contribution in [0.1, 0.15) is 37.9 Å². The lowest BCUT2D eigenvalue weighted by molar-refractivity contribution is -0.151. The van der Waals surface area contributed by atoms with E-state index in [1.54, 1.807) is 13.8 Å². The minimum Gasteiger partial charge on any atom is -0.310 e. The van der Waals surface area contributed by atoms with Gasteiger partial charge >= 0.3 is 6.18 Å². The van der Waals surface area contributed by atoms with Crippen LogP contribution in [0.3, 0.4) is 0 Å². The van der Waals surface area contributed by atoms with Crippen LogP contribution in [-0.2, 0) is 13.1 Å². The highest BCUT2D eigenvalue weighted by Gasteiger charge is 2.32. The van der Waals surface area contributed by atoms with Crippen LogP contribution in [-0.4, -0.2) is 35.2 Å². The molecule has 20 heavy (non-hydrogen) atoms. The molecule has 0 aliphatic heterocycles. The molecular weight excluding hydrogens is 287 g/mol. The minimum atomic E-state index is -4.17. The zero-order chi connectivity index (χ0) is 15.2. The summed E-state index contributed by atoms with van der Waals surface area (Å²) >= 11 is 1.49. The van der Waals surface area contributed by atoms with E-state index >= 15 is 0 Å². The number of thiazole rings is 1. The molecule has 0 radical (unpaired) electrons. The lowest BCUT2D eigenvalue weighted by Gasteiger charge is -2.26. The molecule has 0 spiro atoms. The first kappa shape index (κ1) is 17.4. The van der Waals surface area contributed by atoms with E-state index < -0.39 is 12.7 Å². The molecule has 1 rings (SSSR count). The second kappa shape index (κ2) is 7.95. The highest BCUT2D eigenvalue weighted by atomic mass is 32.1. The van der Waals surface area contributed by atoms with Gasteiger partial charge < -0.3 is 5.32 Å². The van der Waals surface area contributed by atoms with Gasteiger partial charge in [-0.2, -0.15) is 13.2 Å². The van der Waals surface area contributed by atoms with E-state index in [0.717, 1.165) is 18.0 Å². The summed E-state index contributed by atoms with van der Waals surface area (Å²) in [5.74, 6) is 0. The summed E-state index contributed by atoms with van der Waals surface area (Å²) in [4.78, 5) is 5.77. The molecule has 0 saturated carbocycles. The average molecular weight is 309 g/mol. The van der Waals surface area contributed by atoms with Crippen LogP contribution in [0.4, 0.5) is 13.2 Å². The molecule has 1 N–H and O–H groups in total. The summed E-state index contributed by atoms with van der Waals surface area (Å²) < 4.78 is 37.5. The van der Waals surface area contributed by atoms with Crippen molar-refractivity contribution >= 4 is 11.3 Å². The number of hydrogen-bond acceptors (Lipinski definition) is 4. The van der Waals surface area contributed by atoms with E-state index in [4.69, 9.17) is 0 Å². The van der Waals surface area contributed by atoms with Crippen molar-refractivity contribution in [3.8, 4) is 0 Å². The highest BCUT2D eigenvalue weighted by molar-refractivity contribution is 7.09. The number of hydrogen-bond donors (Lipinski definition) is 1. The summed E-state index contributed by atoms with van der Waals surface area (Å²) in [6.45, 7) is 6.55. The molecule has 0 atom stereocenters. The molecule has 0 saturated heterocycles. The lowest BCUT2D eigenvalue weighted by atomic mass is 10.3. The molecule has 1 aromatic rings. The molecule has 1 aromatic heterocycles. The van der Waals surface area contributed by atoms with Crippen molar-refractivity contribution in [3.63, 3.8) is 0 Å².